The highest BCUT2D eigenvalue weighted by Gasteiger charge is 2.22. The number of aromatic hydroxyl groups is 1. The van der Waals surface area contributed by atoms with Gasteiger partial charge in [-0.25, -0.2) is 4.79 Å². The van der Waals surface area contributed by atoms with E-state index in [2.05, 4.69) is 11.4 Å². The number of para-hydroxylation sites is 1. The summed E-state index contributed by atoms with van der Waals surface area (Å²) >= 11 is 0. The normalized spacial score (nSPS) is 15.7. The van der Waals surface area contributed by atoms with Crippen molar-refractivity contribution in [1.29, 1.82) is 0 Å². The van der Waals surface area contributed by atoms with Crippen LogP contribution in [-0.2, 0) is 16.0 Å². The molecule has 136 valence electrons. The largest absolute Gasteiger partial charge is 0.504 e. The summed E-state index contributed by atoms with van der Waals surface area (Å²) in [6, 6.07) is 12.5. The fourth-order valence-electron chi connectivity index (χ4n) is 3.20. The Labute approximate surface area is 151 Å². The molecule has 0 spiro atoms. The van der Waals surface area contributed by atoms with Crippen molar-refractivity contribution in [2.24, 2.45) is 0 Å². The minimum Gasteiger partial charge on any atom is -0.504 e. The molecule has 6 heteroatoms. The van der Waals surface area contributed by atoms with Crippen LogP contribution in [0.25, 0.3) is 0 Å². The van der Waals surface area contributed by atoms with Crippen LogP contribution < -0.4 is 10.1 Å². The number of nitrogens with one attached hydrogen (secondary N) is 1. The second-order valence-corrected chi connectivity index (χ2v) is 6.14. The first-order valence-electron chi connectivity index (χ1n) is 8.50. The highest BCUT2D eigenvalue weighted by Crippen LogP contribution is 2.30. The molecule has 2 aromatic rings. The van der Waals surface area contributed by atoms with Crippen LogP contribution in [0, 0.1) is 0 Å². The van der Waals surface area contributed by atoms with Gasteiger partial charge in [0.1, 0.15) is 5.56 Å². The molecule has 0 radical (unpaired) electrons. The van der Waals surface area contributed by atoms with Gasteiger partial charge in [0.2, 0.25) is 0 Å². The van der Waals surface area contributed by atoms with Gasteiger partial charge in [-0.15, -0.1) is 0 Å². The molecule has 1 amide bonds. The zero-order chi connectivity index (χ0) is 18.5. The van der Waals surface area contributed by atoms with E-state index in [1.54, 1.807) is 6.07 Å². The smallest absolute Gasteiger partial charge is 0.342 e. The van der Waals surface area contributed by atoms with Gasteiger partial charge in [-0.3, -0.25) is 4.79 Å². The van der Waals surface area contributed by atoms with Crippen molar-refractivity contribution in [3.63, 3.8) is 0 Å². The van der Waals surface area contributed by atoms with Gasteiger partial charge in [0.05, 0.1) is 13.2 Å². The second kappa shape index (κ2) is 7.91. The Balaban J connectivity index is 1.59. The van der Waals surface area contributed by atoms with Crippen LogP contribution in [0.2, 0.25) is 0 Å². The summed E-state index contributed by atoms with van der Waals surface area (Å²) in [7, 11) is 1.39. The number of methoxy groups -OCH3 is 1. The lowest BCUT2D eigenvalue weighted by atomic mass is 9.88. The topological polar surface area (TPSA) is 84.9 Å². The quantitative estimate of drug-likeness (QED) is 0.806. The molecular formula is C20H21NO5. The van der Waals surface area contributed by atoms with Gasteiger partial charge in [0.15, 0.2) is 18.1 Å². The molecule has 1 aliphatic carbocycles. The zero-order valence-corrected chi connectivity index (χ0v) is 14.5. The van der Waals surface area contributed by atoms with Gasteiger partial charge in [0, 0.05) is 0 Å². The number of phenolic OH excluding ortho intramolecular Hbond substituents is 1. The van der Waals surface area contributed by atoms with Crippen LogP contribution in [0.3, 0.4) is 0 Å². The predicted octanol–water partition coefficient (Wildman–Crippen LogP) is 2.75. The molecular weight excluding hydrogens is 334 g/mol. The van der Waals surface area contributed by atoms with Gasteiger partial charge in [-0.1, -0.05) is 30.3 Å². The first-order chi connectivity index (χ1) is 12.6. The lowest BCUT2D eigenvalue weighted by Gasteiger charge is -2.26. The molecule has 1 aliphatic rings. The number of rotatable bonds is 5. The number of esters is 1. The van der Waals surface area contributed by atoms with E-state index in [1.165, 1.54) is 24.8 Å². The molecule has 0 saturated carbocycles. The highest BCUT2D eigenvalue weighted by molar-refractivity contribution is 5.94. The van der Waals surface area contributed by atoms with Gasteiger partial charge in [-0.05, 0) is 42.5 Å². The van der Waals surface area contributed by atoms with E-state index in [-0.39, 0.29) is 29.0 Å². The predicted molar refractivity (Wildman–Crippen MR) is 95.2 cm³/mol. The van der Waals surface area contributed by atoms with Crippen molar-refractivity contribution in [3.05, 3.63) is 59.2 Å². The van der Waals surface area contributed by atoms with E-state index >= 15 is 0 Å². The van der Waals surface area contributed by atoms with Crippen molar-refractivity contribution in [1.82, 2.24) is 5.32 Å². The monoisotopic (exact) mass is 355 g/mol. The average molecular weight is 355 g/mol. The van der Waals surface area contributed by atoms with Crippen LogP contribution in [0.4, 0.5) is 0 Å². The first-order valence-corrected chi connectivity index (χ1v) is 8.50. The third-order valence-corrected chi connectivity index (χ3v) is 4.48. The fourth-order valence-corrected chi connectivity index (χ4v) is 3.20. The van der Waals surface area contributed by atoms with E-state index < -0.39 is 12.6 Å². The Bertz CT molecular complexity index is 818. The molecule has 0 fully saturated rings. The third-order valence-electron chi connectivity index (χ3n) is 4.48. The summed E-state index contributed by atoms with van der Waals surface area (Å²) in [6.45, 7) is -0.409. The molecule has 3 rings (SSSR count). The van der Waals surface area contributed by atoms with Crippen molar-refractivity contribution in [2.75, 3.05) is 13.7 Å². The minimum absolute atomic E-state index is 0.0415. The average Bonchev–Trinajstić information content (AvgIpc) is 2.66. The van der Waals surface area contributed by atoms with Crippen molar-refractivity contribution in [2.45, 2.75) is 25.3 Å². The SMILES string of the molecule is COc1cccc(C(=O)OCC(=O)N[C@@H]2CCCc3ccccc32)c1O. The standard InChI is InChI=1S/C20H21NO5/c1-25-17-11-5-9-15(19(17)23)20(24)26-12-18(22)21-16-10-4-7-13-6-2-3-8-14(13)16/h2-3,5-6,8-9,11,16,23H,4,7,10,12H2,1H3,(H,21,22)/t16-/m1/s1. The molecule has 6 nitrogen and oxygen atoms in total. The van der Waals surface area contributed by atoms with Crippen LogP contribution in [0.15, 0.2) is 42.5 Å². The molecule has 26 heavy (non-hydrogen) atoms. The maximum absolute atomic E-state index is 12.2. The number of hydrogen-bond donors (Lipinski definition) is 2. The Morgan fingerprint density at radius 3 is 2.81 bits per heavy atom. The van der Waals surface area contributed by atoms with Crippen LogP contribution in [0.5, 0.6) is 11.5 Å². The Kier molecular flexibility index (Phi) is 5.41. The number of benzene rings is 2. The van der Waals surface area contributed by atoms with E-state index in [9.17, 15) is 14.7 Å². The summed E-state index contributed by atoms with van der Waals surface area (Å²) < 4.78 is 9.99. The van der Waals surface area contributed by atoms with Gasteiger partial charge < -0.3 is 19.9 Å². The van der Waals surface area contributed by atoms with Crippen LogP contribution in [-0.4, -0.2) is 30.7 Å². The number of carbonyl (C=O) groups excluding carboxylic acids is 2. The van der Waals surface area contributed by atoms with Gasteiger partial charge in [-0.2, -0.15) is 0 Å². The molecule has 2 aromatic carbocycles. The molecule has 0 unspecified atom stereocenters. The maximum Gasteiger partial charge on any atom is 0.342 e. The van der Waals surface area contributed by atoms with E-state index in [0.717, 1.165) is 24.8 Å². The molecule has 0 heterocycles. The van der Waals surface area contributed by atoms with E-state index in [1.807, 2.05) is 18.2 Å². The van der Waals surface area contributed by atoms with Crippen molar-refractivity contribution < 1.29 is 24.2 Å². The zero-order valence-electron chi connectivity index (χ0n) is 14.5. The van der Waals surface area contributed by atoms with Gasteiger partial charge in [0.25, 0.3) is 5.91 Å². The molecule has 0 aliphatic heterocycles. The number of carbonyl (C=O) groups is 2. The Morgan fingerprint density at radius 2 is 2.00 bits per heavy atom. The number of aryl methyl sites for hydroxylation is 1. The summed E-state index contributed by atoms with van der Waals surface area (Å²) in [5.74, 6) is -1.28. The molecule has 0 bridgehead atoms. The van der Waals surface area contributed by atoms with Crippen LogP contribution in [0.1, 0.15) is 40.4 Å². The molecule has 1 atom stereocenters. The second-order valence-electron chi connectivity index (χ2n) is 6.14. The number of fused-ring (bicyclic) bond motifs is 1. The van der Waals surface area contributed by atoms with Crippen molar-refractivity contribution in [3.8, 4) is 11.5 Å². The summed E-state index contributed by atoms with van der Waals surface area (Å²) in [5.41, 5.74) is 2.31. The minimum atomic E-state index is -0.777. The highest BCUT2D eigenvalue weighted by atomic mass is 16.5. The lowest BCUT2D eigenvalue weighted by Crippen LogP contribution is -2.34. The van der Waals surface area contributed by atoms with E-state index in [4.69, 9.17) is 9.47 Å². The lowest BCUT2D eigenvalue weighted by molar-refractivity contribution is -0.125. The number of hydrogen-bond acceptors (Lipinski definition) is 5. The molecule has 2 N–H and O–H groups in total. The fraction of sp³-hybridized carbons (Fsp3) is 0.300. The number of phenols is 1. The summed E-state index contributed by atoms with van der Waals surface area (Å²) in [6.07, 6.45) is 2.86. The number of ether oxygens (including phenoxy) is 2. The maximum atomic E-state index is 12.2. The van der Waals surface area contributed by atoms with Crippen molar-refractivity contribution >= 4 is 11.9 Å². The molecule has 0 aromatic heterocycles. The first kappa shape index (κ1) is 17.8. The summed E-state index contributed by atoms with van der Waals surface area (Å²) in [5, 5.41) is 12.9. The summed E-state index contributed by atoms with van der Waals surface area (Å²) in [4.78, 5) is 24.3. The number of amides is 1. The van der Waals surface area contributed by atoms with E-state index in [0.29, 0.717) is 0 Å². The van der Waals surface area contributed by atoms with Gasteiger partial charge >= 0.3 is 5.97 Å². The molecule has 0 saturated heterocycles. The Morgan fingerprint density at radius 1 is 1.19 bits per heavy atom. The third kappa shape index (κ3) is 3.79. The van der Waals surface area contributed by atoms with Crippen LogP contribution >= 0.6 is 0 Å². The Hall–Kier alpha value is -3.02.